The maximum absolute atomic E-state index is 13.3. The number of aliphatic hydroxyl groups is 1. The summed E-state index contributed by atoms with van der Waals surface area (Å²) in [5.74, 6) is 0.457. The van der Waals surface area contributed by atoms with Crippen LogP contribution in [0.1, 0.15) is 56.6 Å². The molecular formula is C17H22F2O. The van der Waals surface area contributed by atoms with Gasteiger partial charge in [-0.05, 0) is 54.7 Å². The summed E-state index contributed by atoms with van der Waals surface area (Å²) < 4.78 is 26.5. The van der Waals surface area contributed by atoms with Gasteiger partial charge in [0.25, 0.3) is 0 Å². The quantitative estimate of drug-likeness (QED) is 0.839. The number of rotatable bonds is 2. The molecule has 0 aromatic heterocycles. The molecule has 2 aliphatic rings. The van der Waals surface area contributed by atoms with Gasteiger partial charge in [0.15, 0.2) is 0 Å². The van der Waals surface area contributed by atoms with Crippen LogP contribution in [-0.2, 0) is 0 Å². The molecular weight excluding hydrogens is 258 g/mol. The summed E-state index contributed by atoms with van der Waals surface area (Å²) >= 11 is 0. The SMILES string of the molecule is OC(c1cc(F)cc(F)c1)C1CCC2CCCCC2C1. The zero-order chi connectivity index (χ0) is 14.1. The van der Waals surface area contributed by atoms with Crippen molar-refractivity contribution < 1.29 is 13.9 Å². The lowest BCUT2D eigenvalue weighted by Gasteiger charge is -2.40. The van der Waals surface area contributed by atoms with Crippen molar-refractivity contribution in [2.24, 2.45) is 17.8 Å². The lowest BCUT2D eigenvalue weighted by molar-refractivity contribution is 0.0346. The van der Waals surface area contributed by atoms with Crippen molar-refractivity contribution in [2.45, 2.75) is 51.0 Å². The molecule has 0 aliphatic heterocycles. The molecule has 0 amide bonds. The van der Waals surface area contributed by atoms with Crippen LogP contribution in [0.25, 0.3) is 0 Å². The highest BCUT2D eigenvalue weighted by Crippen LogP contribution is 2.46. The number of aliphatic hydroxyl groups excluding tert-OH is 1. The third-order valence-electron chi connectivity index (χ3n) is 5.25. The second-order valence-electron chi connectivity index (χ2n) is 6.53. The Labute approximate surface area is 119 Å². The third kappa shape index (κ3) is 2.88. The van der Waals surface area contributed by atoms with E-state index in [1.165, 1.54) is 37.8 Å². The summed E-state index contributed by atoms with van der Waals surface area (Å²) in [5, 5.41) is 10.5. The largest absolute Gasteiger partial charge is 0.388 e. The molecule has 0 spiro atoms. The summed E-state index contributed by atoms with van der Waals surface area (Å²) in [5.41, 5.74) is 0.391. The zero-order valence-electron chi connectivity index (χ0n) is 11.7. The number of halogens is 2. The van der Waals surface area contributed by atoms with Crippen LogP contribution < -0.4 is 0 Å². The molecule has 1 nitrogen and oxygen atoms in total. The Kier molecular flexibility index (Phi) is 4.06. The molecule has 3 rings (SSSR count). The molecule has 2 saturated carbocycles. The van der Waals surface area contributed by atoms with Crippen molar-refractivity contribution in [3.8, 4) is 0 Å². The van der Waals surface area contributed by atoms with Gasteiger partial charge in [0.05, 0.1) is 6.10 Å². The molecule has 0 radical (unpaired) electrons. The second-order valence-corrected chi connectivity index (χ2v) is 6.53. The molecule has 0 bridgehead atoms. The third-order valence-corrected chi connectivity index (χ3v) is 5.25. The predicted octanol–water partition coefficient (Wildman–Crippen LogP) is 4.60. The topological polar surface area (TPSA) is 20.2 Å². The Morgan fingerprint density at radius 3 is 2.25 bits per heavy atom. The highest BCUT2D eigenvalue weighted by atomic mass is 19.1. The van der Waals surface area contributed by atoms with Crippen molar-refractivity contribution in [2.75, 3.05) is 0 Å². The first-order valence-corrected chi connectivity index (χ1v) is 7.77. The van der Waals surface area contributed by atoms with Gasteiger partial charge in [0.2, 0.25) is 0 Å². The normalized spacial score (nSPS) is 31.6. The minimum atomic E-state index is -0.733. The fourth-order valence-electron chi connectivity index (χ4n) is 4.21. The standard InChI is InChI=1S/C17H22F2O/c18-15-8-14(9-16(19)10-15)17(20)13-6-5-11-3-1-2-4-12(11)7-13/h8-13,17,20H,1-7H2. The van der Waals surface area contributed by atoms with Gasteiger partial charge in [-0.15, -0.1) is 0 Å². The van der Waals surface area contributed by atoms with Gasteiger partial charge in [0.1, 0.15) is 11.6 Å². The van der Waals surface area contributed by atoms with Gasteiger partial charge in [0, 0.05) is 6.07 Å². The van der Waals surface area contributed by atoms with E-state index in [2.05, 4.69) is 0 Å². The van der Waals surface area contributed by atoms with Gasteiger partial charge >= 0.3 is 0 Å². The van der Waals surface area contributed by atoms with Crippen LogP contribution in [0.4, 0.5) is 8.78 Å². The smallest absolute Gasteiger partial charge is 0.126 e. The Bertz CT molecular complexity index is 454. The van der Waals surface area contributed by atoms with Crippen LogP contribution in [0.5, 0.6) is 0 Å². The van der Waals surface area contributed by atoms with Crippen LogP contribution in [0.3, 0.4) is 0 Å². The van der Waals surface area contributed by atoms with Crippen molar-refractivity contribution in [3.05, 3.63) is 35.4 Å². The fourth-order valence-corrected chi connectivity index (χ4v) is 4.21. The average Bonchev–Trinajstić information content (AvgIpc) is 2.45. The van der Waals surface area contributed by atoms with Crippen LogP contribution in [0.15, 0.2) is 18.2 Å². The molecule has 4 atom stereocenters. The molecule has 0 saturated heterocycles. The van der Waals surface area contributed by atoms with E-state index in [9.17, 15) is 13.9 Å². The Morgan fingerprint density at radius 1 is 0.900 bits per heavy atom. The molecule has 4 unspecified atom stereocenters. The summed E-state index contributed by atoms with van der Waals surface area (Å²) in [6.45, 7) is 0. The molecule has 20 heavy (non-hydrogen) atoms. The van der Waals surface area contributed by atoms with Crippen molar-refractivity contribution in [1.82, 2.24) is 0 Å². The van der Waals surface area contributed by atoms with Crippen LogP contribution in [0, 0.1) is 29.4 Å². The number of fused-ring (bicyclic) bond motifs is 1. The molecule has 2 fully saturated rings. The molecule has 2 aliphatic carbocycles. The van der Waals surface area contributed by atoms with Gasteiger partial charge in [-0.2, -0.15) is 0 Å². The van der Waals surface area contributed by atoms with Crippen molar-refractivity contribution in [1.29, 1.82) is 0 Å². The number of hydrogen-bond donors (Lipinski definition) is 1. The first-order chi connectivity index (χ1) is 9.63. The van der Waals surface area contributed by atoms with E-state index in [1.54, 1.807) is 0 Å². The zero-order valence-corrected chi connectivity index (χ0v) is 11.7. The van der Waals surface area contributed by atoms with E-state index in [1.807, 2.05) is 0 Å². The van der Waals surface area contributed by atoms with Crippen LogP contribution in [-0.4, -0.2) is 5.11 Å². The maximum Gasteiger partial charge on any atom is 0.126 e. The van der Waals surface area contributed by atoms with E-state index in [0.29, 0.717) is 11.5 Å². The lowest BCUT2D eigenvalue weighted by Crippen LogP contribution is -2.30. The molecule has 3 heteroatoms. The van der Waals surface area contributed by atoms with Crippen molar-refractivity contribution >= 4 is 0 Å². The number of benzene rings is 1. The average molecular weight is 280 g/mol. The van der Waals surface area contributed by atoms with Gasteiger partial charge in [-0.1, -0.05) is 25.7 Å². The summed E-state index contributed by atoms with van der Waals surface area (Å²) in [6.07, 6.45) is 7.60. The summed E-state index contributed by atoms with van der Waals surface area (Å²) in [7, 11) is 0. The molecule has 1 N–H and O–H groups in total. The molecule has 110 valence electrons. The molecule has 0 heterocycles. The minimum absolute atomic E-state index is 0.149. The van der Waals surface area contributed by atoms with E-state index in [0.717, 1.165) is 31.2 Å². The predicted molar refractivity (Wildman–Crippen MR) is 74.1 cm³/mol. The summed E-state index contributed by atoms with van der Waals surface area (Å²) in [6, 6.07) is 3.38. The minimum Gasteiger partial charge on any atom is -0.388 e. The van der Waals surface area contributed by atoms with Gasteiger partial charge < -0.3 is 5.11 Å². The second kappa shape index (κ2) is 5.80. The van der Waals surface area contributed by atoms with Crippen LogP contribution >= 0.6 is 0 Å². The maximum atomic E-state index is 13.3. The highest BCUT2D eigenvalue weighted by Gasteiger charge is 2.35. The first-order valence-electron chi connectivity index (χ1n) is 7.77. The molecule has 1 aromatic rings. The van der Waals surface area contributed by atoms with E-state index in [-0.39, 0.29) is 5.92 Å². The van der Waals surface area contributed by atoms with E-state index < -0.39 is 17.7 Å². The van der Waals surface area contributed by atoms with Crippen molar-refractivity contribution in [3.63, 3.8) is 0 Å². The highest BCUT2D eigenvalue weighted by molar-refractivity contribution is 5.21. The van der Waals surface area contributed by atoms with Gasteiger partial charge in [-0.25, -0.2) is 8.78 Å². The number of hydrogen-bond acceptors (Lipinski definition) is 1. The van der Waals surface area contributed by atoms with Gasteiger partial charge in [-0.3, -0.25) is 0 Å². The first kappa shape index (κ1) is 14.0. The Hall–Kier alpha value is -0.960. The fraction of sp³-hybridized carbons (Fsp3) is 0.647. The van der Waals surface area contributed by atoms with Crippen LogP contribution in [0.2, 0.25) is 0 Å². The lowest BCUT2D eigenvalue weighted by atomic mass is 9.66. The molecule has 1 aromatic carbocycles. The van der Waals surface area contributed by atoms with E-state index >= 15 is 0 Å². The van der Waals surface area contributed by atoms with E-state index in [4.69, 9.17) is 0 Å². The Balaban J connectivity index is 1.72. The monoisotopic (exact) mass is 280 g/mol. The summed E-state index contributed by atoms with van der Waals surface area (Å²) in [4.78, 5) is 0. The Morgan fingerprint density at radius 2 is 1.55 bits per heavy atom.